The highest BCUT2D eigenvalue weighted by Crippen LogP contribution is 2.08. The van der Waals surface area contributed by atoms with Crippen LogP contribution in [-0.4, -0.2) is 38.1 Å². The fraction of sp³-hybridized carbons (Fsp3) is 1.00. The van der Waals surface area contributed by atoms with Gasteiger partial charge in [-0.15, -0.1) is 0 Å². The first kappa shape index (κ1) is 15.9. The zero-order valence-corrected chi connectivity index (χ0v) is 12.1. The molecule has 98 valence electrons. The Morgan fingerprint density at radius 1 is 1.06 bits per heavy atom. The van der Waals surface area contributed by atoms with E-state index in [1.807, 2.05) is 0 Å². The summed E-state index contributed by atoms with van der Waals surface area (Å²) < 4.78 is 0. The van der Waals surface area contributed by atoms with E-state index in [1.54, 1.807) is 0 Å². The number of likely N-dealkylation sites (N-methyl/N-ethyl adjacent to an activating group) is 1. The Kier molecular flexibility index (Phi) is 10.0. The molecule has 0 aliphatic rings. The molecule has 16 heavy (non-hydrogen) atoms. The number of nitrogens with one attached hydrogen (secondary N) is 1. The van der Waals surface area contributed by atoms with Gasteiger partial charge in [-0.1, -0.05) is 40.0 Å². The molecule has 0 bridgehead atoms. The third kappa shape index (κ3) is 9.17. The Morgan fingerprint density at radius 2 is 1.75 bits per heavy atom. The van der Waals surface area contributed by atoms with Gasteiger partial charge in [0.1, 0.15) is 0 Å². The minimum atomic E-state index is 0.686. The maximum absolute atomic E-state index is 3.59. The fourth-order valence-electron chi connectivity index (χ4n) is 1.97. The van der Waals surface area contributed by atoms with Crippen LogP contribution >= 0.6 is 0 Å². The van der Waals surface area contributed by atoms with Crippen LogP contribution in [0.4, 0.5) is 0 Å². The lowest BCUT2D eigenvalue weighted by molar-refractivity contribution is 0.247. The van der Waals surface area contributed by atoms with Gasteiger partial charge in [-0.2, -0.15) is 0 Å². The van der Waals surface area contributed by atoms with Gasteiger partial charge < -0.3 is 10.2 Å². The molecule has 1 atom stereocenters. The normalized spacial score (nSPS) is 13.7. The van der Waals surface area contributed by atoms with Gasteiger partial charge >= 0.3 is 0 Å². The molecule has 0 amide bonds. The SMILES string of the molecule is CCCCCCNCC(CC(C)C)N(C)C. The van der Waals surface area contributed by atoms with Gasteiger partial charge in [0.15, 0.2) is 0 Å². The van der Waals surface area contributed by atoms with Crippen molar-refractivity contribution in [2.75, 3.05) is 27.2 Å². The van der Waals surface area contributed by atoms with Gasteiger partial charge in [0.05, 0.1) is 0 Å². The highest BCUT2D eigenvalue weighted by molar-refractivity contribution is 4.70. The van der Waals surface area contributed by atoms with Gasteiger partial charge in [0, 0.05) is 12.6 Å². The van der Waals surface area contributed by atoms with Crippen LogP contribution in [0.3, 0.4) is 0 Å². The largest absolute Gasteiger partial charge is 0.315 e. The van der Waals surface area contributed by atoms with Crippen molar-refractivity contribution < 1.29 is 0 Å². The molecule has 0 rings (SSSR count). The zero-order valence-electron chi connectivity index (χ0n) is 12.1. The minimum absolute atomic E-state index is 0.686. The van der Waals surface area contributed by atoms with E-state index in [0.717, 1.165) is 12.5 Å². The molecule has 2 nitrogen and oxygen atoms in total. The van der Waals surface area contributed by atoms with Gasteiger partial charge in [-0.05, 0) is 39.4 Å². The molecule has 1 N–H and O–H groups in total. The molecule has 0 spiro atoms. The van der Waals surface area contributed by atoms with Crippen molar-refractivity contribution in [3.05, 3.63) is 0 Å². The van der Waals surface area contributed by atoms with Crippen LogP contribution in [0.1, 0.15) is 52.9 Å². The minimum Gasteiger partial charge on any atom is -0.315 e. The number of nitrogens with zero attached hydrogens (tertiary/aromatic N) is 1. The Balaban J connectivity index is 3.52. The van der Waals surface area contributed by atoms with Gasteiger partial charge in [-0.25, -0.2) is 0 Å². The summed E-state index contributed by atoms with van der Waals surface area (Å²) in [5.41, 5.74) is 0. The van der Waals surface area contributed by atoms with Crippen molar-refractivity contribution in [3.8, 4) is 0 Å². The van der Waals surface area contributed by atoms with E-state index in [0.29, 0.717) is 6.04 Å². The van der Waals surface area contributed by atoms with E-state index in [9.17, 15) is 0 Å². The second kappa shape index (κ2) is 10.1. The fourth-order valence-corrected chi connectivity index (χ4v) is 1.97. The summed E-state index contributed by atoms with van der Waals surface area (Å²) in [5.74, 6) is 0.786. The molecule has 0 aromatic heterocycles. The van der Waals surface area contributed by atoms with Crippen LogP contribution in [0, 0.1) is 5.92 Å². The molecular weight excluding hydrogens is 196 g/mol. The smallest absolute Gasteiger partial charge is 0.0216 e. The van der Waals surface area contributed by atoms with E-state index in [2.05, 4.69) is 45.1 Å². The highest BCUT2D eigenvalue weighted by atomic mass is 15.1. The molecule has 0 fully saturated rings. The van der Waals surface area contributed by atoms with Gasteiger partial charge in [-0.3, -0.25) is 0 Å². The van der Waals surface area contributed by atoms with E-state index >= 15 is 0 Å². The number of rotatable bonds is 10. The van der Waals surface area contributed by atoms with Crippen molar-refractivity contribution in [1.82, 2.24) is 10.2 Å². The third-order valence-electron chi connectivity index (χ3n) is 3.06. The van der Waals surface area contributed by atoms with Crippen LogP contribution in [0.2, 0.25) is 0 Å². The average Bonchev–Trinajstić information content (AvgIpc) is 2.20. The molecule has 0 radical (unpaired) electrons. The summed E-state index contributed by atoms with van der Waals surface area (Å²) in [6.45, 7) is 9.19. The van der Waals surface area contributed by atoms with Crippen molar-refractivity contribution >= 4 is 0 Å². The Hall–Kier alpha value is -0.0800. The van der Waals surface area contributed by atoms with Gasteiger partial charge in [0.25, 0.3) is 0 Å². The molecular formula is C14H32N2. The summed E-state index contributed by atoms with van der Waals surface area (Å²) in [4.78, 5) is 2.35. The van der Waals surface area contributed by atoms with Crippen molar-refractivity contribution in [1.29, 1.82) is 0 Å². The van der Waals surface area contributed by atoms with E-state index < -0.39 is 0 Å². The van der Waals surface area contributed by atoms with Crippen molar-refractivity contribution in [2.45, 2.75) is 58.9 Å². The van der Waals surface area contributed by atoms with Crippen LogP contribution in [0.5, 0.6) is 0 Å². The van der Waals surface area contributed by atoms with Gasteiger partial charge in [0.2, 0.25) is 0 Å². The first-order valence-corrected chi connectivity index (χ1v) is 6.95. The monoisotopic (exact) mass is 228 g/mol. The second-order valence-electron chi connectivity index (χ2n) is 5.51. The van der Waals surface area contributed by atoms with Crippen LogP contribution in [-0.2, 0) is 0 Å². The average molecular weight is 228 g/mol. The summed E-state index contributed by atoms with van der Waals surface area (Å²) in [7, 11) is 4.37. The Morgan fingerprint density at radius 3 is 2.25 bits per heavy atom. The number of unbranched alkanes of at least 4 members (excludes halogenated alkanes) is 3. The Labute approximate surface area is 103 Å². The highest BCUT2D eigenvalue weighted by Gasteiger charge is 2.12. The summed E-state index contributed by atoms with van der Waals surface area (Å²) in [6.07, 6.45) is 6.70. The van der Waals surface area contributed by atoms with Crippen LogP contribution in [0.25, 0.3) is 0 Å². The molecule has 2 heteroatoms. The van der Waals surface area contributed by atoms with Crippen LogP contribution in [0.15, 0.2) is 0 Å². The molecule has 0 aromatic rings. The van der Waals surface area contributed by atoms with Crippen LogP contribution < -0.4 is 5.32 Å². The molecule has 0 saturated heterocycles. The molecule has 0 aromatic carbocycles. The summed E-state index contributed by atoms with van der Waals surface area (Å²) in [5, 5.41) is 3.59. The second-order valence-corrected chi connectivity index (χ2v) is 5.51. The predicted molar refractivity (Wildman–Crippen MR) is 73.9 cm³/mol. The third-order valence-corrected chi connectivity index (χ3v) is 3.06. The maximum atomic E-state index is 3.59. The predicted octanol–water partition coefficient (Wildman–Crippen LogP) is 3.13. The molecule has 0 saturated carbocycles. The van der Waals surface area contributed by atoms with Crippen molar-refractivity contribution in [3.63, 3.8) is 0 Å². The number of hydrogen-bond acceptors (Lipinski definition) is 2. The van der Waals surface area contributed by atoms with Crippen molar-refractivity contribution in [2.24, 2.45) is 5.92 Å². The quantitative estimate of drug-likeness (QED) is 0.578. The standard InChI is InChI=1S/C14H32N2/c1-6-7-8-9-10-15-12-14(16(4)5)11-13(2)3/h13-15H,6-12H2,1-5H3. The molecule has 1 unspecified atom stereocenters. The lowest BCUT2D eigenvalue weighted by Crippen LogP contribution is -2.39. The Bertz CT molecular complexity index is 144. The lowest BCUT2D eigenvalue weighted by Gasteiger charge is -2.26. The lowest BCUT2D eigenvalue weighted by atomic mass is 10.0. The topological polar surface area (TPSA) is 15.3 Å². The maximum Gasteiger partial charge on any atom is 0.0216 e. The van der Waals surface area contributed by atoms with E-state index in [1.165, 1.54) is 38.6 Å². The molecule has 0 heterocycles. The first-order valence-electron chi connectivity index (χ1n) is 6.95. The van der Waals surface area contributed by atoms with E-state index in [-0.39, 0.29) is 0 Å². The molecule has 0 aliphatic carbocycles. The molecule has 0 aliphatic heterocycles. The number of hydrogen-bond donors (Lipinski definition) is 1. The summed E-state index contributed by atoms with van der Waals surface area (Å²) >= 11 is 0. The zero-order chi connectivity index (χ0) is 12.4. The summed E-state index contributed by atoms with van der Waals surface area (Å²) in [6, 6.07) is 0.686. The van der Waals surface area contributed by atoms with E-state index in [4.69, 9.17) is 0 Å². The first-order chi connectivity index (χ1) is 7.57.